The van der Waals surface area contributed by atoms with Crippen molar-refractivity contribution in [2.24, 2.45) is 0 Å². The van der Waals surface area contributed by atoms with Crippen LogP contribution >= 0.6 is 11.3 Å². The van der Waals surface area contributed by atoms with Gasteiger partial charge in [0.2, 0.25) is 0 Å². The maximum atomic E-state index is 12.2. The topological polar surface area (TPSA) is 38.3 Å². The second kappa shape index (κ2) is 8.06. The van der Waals surface area contributed by atoms with Crippen LogP contribution in [0.15, 0.2) is 83.6 Å². The molecule has 4 aromatic rings. The first-order valence-electron chi connectivity index (χ1n) is 8.78. The number of thiophene rings is 1. The van der Waals surface area contributed by atoms with Crippen LogP contribution in [0.25, 0.3) is 21.9 Å². The number of benzene rings is 3. The van der Waals surface area contributed by atoms with Gasteiger partial charge in [-0.05, 0) is 56.4 Å². The number of nitrogens with one attached hydrogen (secondary N) is 1. The van der Waals surface area contributed by atoms with Crippen LogP contribution in [0.3, 0.4) is 0 Å². The zero-order valence-corrected chi connectivity index (χ0v) is 15.5. The molecule has 0 saturated carbocycles. The van der Waals surface area contributed by atoms with Gasteiger partial charge in [-0.2, -0.15) is 11.3 Å². The Hall–Kier alpha value is -3.11. The standard InChI is InChI=1S/C23H19NO2S/c25-23(15-26-21-10-9-17-5-1-2-6-18(17)13-21)24-14-19-7-3-4-8-22(19)20-11-12-27-16-20/h1-13,16H,14-15H2,(H,24,25). The van der Waals surface area contributed by atoms with Crippen molar-refractivity contribution in [1.29, 1.82) is 0 Å². The molecule has 3 aromatic carbocycles. The Morgan fingerprint density at radius 3 is 2.59 bits per heavy atom. The van der Waals surface area contributed by atoms with Crippen LogP contribution in [0.1, 0.15) is 5.56 Å². The molecule has 0 aliphatic carbocycles. The van der Waals surface area contributed by atoms with Crippen molar-refractivity contribution in [2.45, 2.75) is 6.54 Å². The monoisotopic (exact) mass is 373 g/mol. The molecule has 1 amide bonds. The Morgan fingerprint density at radius 2 is 1.74 bits per heavy atom. The molecule has 0 fully saturated rings. The van der Waals surface area contributed by atoms with Gasteiger partial charge in [0.15, 0.2) is 6.61 Å². The van der Waals surface area contributed by atoms with Gasteiger partial charge in [0.1, 0.15) is 5.75 Å². The van der Waals surface area contributed by atoms with Crippen molar-refractivity contribution in [3.05, 3.63) is 89.1 Å². The smallest absolute Gasteiger partial charge is 0.258 e. The van der Waals surface area contributed by atoms with Crippen molar-refractivity contribution in [3.63, 3.8) is 0 Å². The zero-order valence-electron chi connectivity index (χ0n) is 14.7. The van der Waals surface area contributed by atoms with Gasteiger partial charge < -0.3 is 10.1 Å². The van der Waals surface area contributed by atoms with Crippen molar-refractivity contribution in [3.8, 4) is 16.9 Å². The minimum atomic E-state index is -0.136. The summed E-state index contributed by atoms with van der Waals surface area (Å²) in [4.78, 5) is 12.2. The normalized spacial score (nSPS) is 10.7. The van der Waals surface area contributed by atoms with E-state index in [1.807, 2.05) is 54.6 Å². The molecule has 0 aliphatic rings. The van der Waals surface area contributed by atoms with E-state index in [2.05, 4.69) is 34.3 Å². The summed E-state index contributed by atoms with van der Waals surface area (Å²) in [6.45, 7) is 0.477. The van der Waals surface area contributed by atoms with E-state index in [0.717, 1.165) is 21.9 Å². The van der Waals surface area contributed by atoms with E-state index in [9.17, 15) is 4.79 Å². The molecule has 0 saturated heterocycles. The summed E-state index contributed by atoms with van der Waals surface area (Å²) in [6, 6.07) is 24.1. The van der Waals surface area contributed by atoms with Gasteiger partial charge in [0.05, 0.1) is 0 Å². The molecular formula is C23H19NO2S. The third-order valence-electron chi connectivity index (χ3n) is 4.42. The minimum Gasteiger partial charge on any atom is -0.484 e. The highest BCUT2D eigenvalue weighted by Crippen LogP contribution is 2.25. The number of carbonyl (C=O) groups is 1. The van der Waals surface area contributed by atoms with E-state index in [1.165, 1.54) is 5.56 Å². The van der Waals surface area contributed by atoms with Crippen LogP contribution in [-0.2, 0) is 11.3 Å². The number of rotatable bonds is 6. The molecule has 1 aromatic heterocycles. The molecule has 4 rings (SSSR count). The van der Waals surface area contributed by atoms with Crippen molar-refractivity contribution in [2.75, 3.05) is 6.61 Å². The maximum absolute atomic E-state index is 12.2. The highest BCUT2D eigenvalue weighted by molar-refractivity contribution is 7.08. The van der Waals surface area contributed by atoms with Crippen LogP contribution in [0.5, 0.6) is 5.75 Å². The molecule has 0 spiro atoms. The van der Waals surface area contributed by atoms with Gasteiger partial charge >= 0.3 is 0 Å². The maximum Gasteiger partial charge on any atom is 0.258 e. The van der Waals surface area contributed by atoms with Crippen molar-refractivity contribution < 1.29 is 9.53 Å². The van der Waals surface area contributed by atoms with Crippen LogP contribution in [0, 0.1) is 0 Å². The minimum absolute atomic E-state index is 0.00103. The molecule has 0 atom stereocenters. The molecule has 4 heteroatoms. The Balaban J connectivity index is 1.36. The lowest BCUT2D eigenvalue weighted by Gasteiger charge is -2.11. The fourth-order valence-corrected chi connectivity index (χ4v) is 3.68. The fourth-order valence-electron chi connectivity index (χ4n) is 3.02. The molecule has 0 aliphatic heterocycles. The van der Waals surface area contributed by atoms with Gasteiger partial charge in [-0.25, -0.2) is 0 Å². The molecule has 134 valence electrons. The third kappa shape index (κ3) is 4.18. The summed E-state index contributed by atoms with van der Waals surface area (Å²) in [5, 5.41) is 9.37. The van der Waals surface area contributed by atoms with Gasteiger partial charge in [-0.1, -0.05) is 54.6 Å². The quantitative estimate of drug-likeness (QED) is 0.500. The Bertz CT molecular complexity index is 1060. The van der Waals surface area contributed by atoms with Gasteiger partial charge in [-0.15, -0.1) is 0 Å². The molecule has 0 bridgehead atoms. The fraction of sp³-hybridized carbons (Fsp3) is 0.0870. The number of hydrogen-bond donors (Lipinski definition) is 1. The van der Waals surface area contributed by atoms with Crippen LogP contribution in [-0.4, -0.2) is 12.5 Å². The van der Waals surface area contributed by atoms with Gasteiger partial charge in [0, 0.05) is 6.54 Å². The average molecular weight is 373 g/mol. The highest BCUT2D eigenvalue weighted by atomic mass is 32.1. The van der Waals surface area contributed by atoms with E-state index < -0.39 is 0 Å². The first-order chi connectivity index (χ1) is 13.3. The first kappa shape index (κ1) is 17.3. The van der Waals surface area contributed by atoms with Crippen LogP contribution in [0.4, 0.5) is 0 Å². The summed E-state index contributed by atoms with van der Waals surface area (Å²) >= 11 is 1.67. The number of ether oxygens (including phenoxy) is 1. The Kier molecular flexibility index (Phi) is 5.17. The molecule has 3 nitrogen and oxygen atoms in total. The van der Waals surface area contributed by atoms with E-state index in [1.54, 1.807) is 11.3 Å². The highest BCUT2D eigenvalue weighted by Gasteiger charge is 2.08. The molecule has 1 heterocycles. The predicted octanol–water partition coefficient (Wildman–Crippen LogP) is 5.26. The third-order valence-corrected chi connectivity index (χ3v) is 5.10. The number of fused-ring (bicyclic) bond motifs is 1. The lowest BCUT2D eigenvalue weighted by atomic mass is 10.0. The van der Waals surface area contributed by atoms with Crippen molar-refractivity contribution in [1.82, 2.24) is 5.32 Å². The van der Waals surface area contributed by atoms with Crippen molar-refractivity contribution >= 4 is 28.0 Å². The lowest BCUT2D eigenvalue weighted by Crippen LogP contribution is -2.28. The molecule has 1 N–H and O–H groups in total. The summed E-state index contributed by atoms with van der Waals surface area (Å²) in [5.41, 5.74) is 3.42. The van der Waals surface area contributed by atoms with E-state index in [4.69, 9.17) is 4.74 Å². The molecule has 0 radical (unpaired) electrons. The molecular weight excluding hydrogens is 354 g/mol. The zero-order chi connectivity index (χ0) is 18.5. The number of hydrogen-bond acceptors (Lipinski definition) is 3. The largest absolute Gasteiger partial charge is 0.484 e. The predicted molar refractivity (Wildman–Crippen MR) is 111 cm³/mol. The summed E-state index contributed by atoms with van der Waals surface area (Å²) in [5.74, 6) is 0.561. The second-order valence-electron chi connectivity index (χ2n) is 6.24. The molecule has 27 heavy (non-hydrogen) atoms. The van der Waals surface area contributed by atoms with Gasteiger partial charge in [-0.3, -0.25) is 4.79 Å². The first-order valence-corrected chi connectivity index (χ1v) is 9.73. The SMILES string of the molecule is O=C(COc1ccc2ccccc2c1)NCc1ccccc1-c1ccsc1. The van der Waals surface area contributed by atoms with Gasteiger partial charge in [0.25, 0.3) is 5.91 Å². The lowest BCUT2D eigenvalue weighted by molar-refractivity contribution is -0.123. The summed E-state index contributed by atoms with van der Waals surface area (Å²) < 4.78 is 5.66. The van der Waals surface area contributed by atoms with E-state index in [0.29, 0.717) is 12.3 Å². The average Bonchev–Trinajstić information content (AvgIpc) is 3.25. The van der Waals surface area contributed by atoms with Crippen LogP contribution < -0.4 is 10.1 Å². The number of carbonyl (C=O) groups excluding carboxylic acids is 1. The molecule has 0 unspecified atom stereocenters. The Morgan fingerprint density at radius 1 is 0.926 bits per heavy atom. The summed E-state index contributed by atoms with van der Waals surface area (Å²) in [7, 11) is 0. The van der Waals surface area contributed by atoms with Crippen LogP contribution in [0.2, 0.25) is 0 Å². The number of amides is 1. The van der Waals surface area contributed by atoms with E-state index >= 15 is 0 Å². The Labute approximate surface area is 162 Å². The summed E-state index contributed by atoms with van der Waals surface area (Å²) in [6.07, 6.45) is 0. The van der Waals surface area contributed by atoms with E-state index in [-0.39, 0.29) is 12.5 Å². The second-order valence-corrected chi connectivity index (χ2v) is 7.02.